The SMILES string of the molecule is COc1ccc(Cl)cc1/C=C/C(=O)N1CCC(Nc2ccccc2)C1. The van der Waals surface area contributed by atoms with Crippen molar-refractivity contribution in [3.63, 3.8) is 0 Å². The molecule has 5 heteroatoms. The molecular formula is C20H21ClN2O2. The molecular weight excluding hydrogens is 336 g/mol. The molecule has 0 bridgehead atoms. The van der Waals surface area contributed by atoms with Gasteiger partial charge in [0, 0.05) is 41.5 Å². The first-order chi connectivity index (χ1) is 12.2. The number of halogens is 1. The number of nitrogens with zero attached hydrogens (tertiary/aromatic N) is 1. The molecule has 0 spiro atoms. The Balaban J connectivity index is 1.60. The molecule has 4 nitrogen and oxygen atoms in total. The molecule has 0 aromatic heterocycles. The molecule has 1 saturated heterocycles. The van der Waals surface area contributed by atoms with Crippen molar-refractivity contribution in [1.29, 1.82) is 0 Å². The van der Waals surface area contributed by atoms with Gasteiger partial charge >= 0.3 is 0 Å². The molecule has 1 atom stereocenters. The van der Waals surface area contributed by atoms with E-state index in [9.17, 15) is 4.79 Å². The summed E-state index contributed by atoms with van der Waals surface area (Å²) in [4.78, 5) is 14.3. The smallest absolute Gasteiger partial charge is 0.246 e. The molecule has 2 aromatic carbocycles. The summed E-state index contributed by atoms with van der Waals surface area (Å²) in [5, 5.41) is 4.08. The number of hydrogen-bond acceptors (Lipinski definition) is 3. The molecule has 1 unspecified atom stereocenters. The second-order valence-electron chi connectivity index (χ2n) is 6.00. The molecule has 3 rings (SSSR count). The molecule has 2 aromatic rings. The molecule has 25 heavy (non-hydrogen) atoms. The number of ether oxygens (including phenoxy) is 1. The van der Waals surface area contributed by atoms with Crippen molar-refractivity contribution in [1.82, 2.24) is 4.90 Å². The van der Waals surface area contributed by atoms with E-state index < -0.39 is 0 Å². The fourth-order valence-corrected chi connectivity index (χ4v) is 3.13. The summed E-state index contributed by atoms with van der Waals surface area (Å²) in [5.74, 6) is 0.692. The van der Waals surface area contributed by atoms with Gasteiger partial charge < -0.3 is 15.0 Å². The summed E-state index contributed by atoms with van der Waals surface area (Å²) in [6.07, 6.45) is 4.28. The second-order valence-corrected chi connectivity index (χ2v) is 6.44. The lowest BCUT2D eigenvalue weighted by atomic mass is 10.2. The van der Waals surface area contributed by atoms with Crippen molar-refractivity contribution in [2.75, 3.05) is 25.5 Å². The number of likely N-dealkylation sites (tertiary alicyclic amines) is 1. The van der Waals surface area contributed by atoms with Gasteiger partial charge in [-0.25, -0.2) is 0 Å². The topological polar surface area (TPSA) is 41.6 Å². The van der Waals surface area contributed by atoms with Gasteiger partial charge in [-0.2, -0.15) is 0 Å². The van der Waals surface area contributed by atoms with E-state index in [-0.39, 0.29) is 11.9 Å². The normalized spacial score (nSPS) is 17.0. The standard InChI is InChI=1S/C20H21ClN2O2/c1-25-19-9-8-16(21)13-15(19)7-10-20(24)23-12-11-18(14-23)22-17-5-3-2-4-6-17/h2-10,13,18,22H,11-12,14H2,1H3/b10-7+. The number of nitrogens with one attached hydrogen (secondary N) is 1. The maximum absolute atomic E-state index is 12.4. The molecule has 1 N–H and O–H groups in total. The van der Waals surface area contributed by atoms with Crippen molar-refractivity contribution in [2.45, 2.75) is 12.5 Å². The number of hydrogen-bond donors (Lipinski definition) is 1. The molecule has 1 aliphatic rings. The number of anilines is 1. The first-order valence-electron chi connectivity index (χ1n) is 8.28. The van der Waals surface area contributed by atoms with Gasteiger partial charge in [0.2, 0.25) is 5.91 Å². The summed E-state index contributed by atoms with van der Waals surface area (Å²) in [6, 6.07) is 15.7. The van der Waals surface area contributed by atoms with Crippen LogP contribution in [-0.2, 0) is 4.79 Å². The third-order valence-corrected chi connectivity index (χ3v) is 4.48. The van der Waals surface area contributed by atoms with Crippen LogP contribution in [0.1, 0.15) is 12.0 Å². The van der Waals surface area contributed by atoms with E-state index >= 15 is 0 Å². The largest absolute Gasteiger partial charge is 0.496 e. The zero-order valence-electron chi connectivity index (χ0n) is 14.1. The van der Waals surface area contributed by atoms with Crippen LogP contribution in [0.15, 0.2) is 54.6 Å². The summed E-state index contributed by atoms with van der Waals surface area (Å²) in [7, 11) is 1.60. The highest BCUT2D eigenvalue weighted by Crippen LogP contribution is 2.24. The van der Waals surface area contributed by atoms with Crippen molar-refractivity contribution in [3.8, 4) is 5.75 Å². The zero-order chi connectivity index (χ0) is 17.6. The van der Waals surface area contributed by atoms with Crippen LogP contribution in [0.2, 0.25) is 5.02 Å². The number of carbonyl (C=O) groups excluding carboxylic acids is 1. The van der Waals surface area contributed by atoms with Gasteiger partial charge in [-0.05, 0) is 42.8 Å². The Hall–Kier alpha value is -2.46. The van der Waals surface area contributed by atoms with Crippen molar-refractivity contribution in [3.05, 3.63) is 65.2 Å². The van der Waals surface area contributed by atoms with Gasteiger partial charge in [0.25, 0.3) is 0 Å². The van der Waals surface area contributed by atoms with Crippen LogP contribution in [0, 0.1) is 0 Å². The summed E-state index contributed by atoms with van der Waals surface area (Å²) in [5.41, 5.74) is 1.88. The Labute approximate surface area is 153 Å². The Morgan fingerprint density at radius 2 is 2.08 bits per heavy atom. The predicted molar refractivity (Wildman–Crippen MR) is 102 cm³/mol. The molecule has 0 radical (unpaired) electrons. The predicted octanol–water partition coefficient (Wildman–Crippen LogP) is 4.07. The lowest BCUT2D eigenvalue weighted by molar-refractivity contribution is -0.124. The van der Waals surface area contributed by atoms with Crippen molar-refractivity contribution < 1.29 is 9.53 Å². The average molecular weight is 357 g/mol. The Kier molecular flexibility index (Phi) is 5.61. The minimum atomic E-state index is -0.000565. The van der Waals surface area contributed by atoms with Gasteiger partial charge in [0.1, 0.15) is 5.75 Å². The number of para-hydroxylation sites is 1. The first kappa shape index (κ1) is 17.4. The van der Waals surface area contributed by atoms with Crippen LogP contribution in [0.3, 0.4) is 0 Å². The van der Waals surface area contributed by atoms with E-state index in [0.717, 1.165) is 24.2 Å². The molecule has 0 aliphatic carbocycles. The number of benzene rings is 2. The van der Waals surface area contributed by atoms with Crippen LogP contribution in [-0.4, -0.2) is 37.0 Å². The number of rotatable bonds is 5. The van der Waals surface area contributed by atoms with E-state index in [4.69, 9.17) is 16.3 Å². The van der Waals surface area contributed by atoms with Crippen LogP contribution in [0.4, 0.5) is 5.69 Å². The Morgan fingerprint density at radius 1 is 1.28 bits per heavy atom. The highest BCUT2D eigenvalue weighted by atomic mass is 35.5. The molecule has 1 amide bonds. The number of methoxy groups -OCH3 is 1. The van der Waals surface area contributed by atoms with Crippen LogP contribution < -0.4 is 10.1 Å². The quantitative estimate of drug-likeness (QED) is 0.821. The van der Waals surface area contributed by atoms with E-state index in [0.29, 0.717) is 17.3 Å². The summed E-state index contributed by atoms with van der Waals surface area (Å²) < 4.78 is 5.30. The molecule has 0 saturated carbocycles. The second kappa shape index (κ2) is 8.08. The average Bonchev–Trinajstić information content (AvgIpc) is 3.09. The zero-order valence-corrected chi connectivity index (χ0v) is 14.9. The summed E-state index contributed by atoms with van der Waals surface area (Å²) >= 11 is 6.02. The minimum Gasteiger partial charge on any atom is -0.496 e. The lowest BCUT2D eigenvalue weighted by Crippen LogP contribution is -2.30. The minimum absolute atomic E-state index is 0.000565. The molecule has 1 aliphatic heterocycles. The fourth-order valence-electron chi connectivity index (χ4n) is 2.95. The maximum Gasteiger partial charge on any atom is 0.246 e. The van der Waals surface area contributed by atoms with Crippen molar-refractivity contribution >= 4 is 29.3 Å². The van der Waals surface area contributed by atoms with E-state index in [1.54, 1.807) is 37.5 Å². The highest BCUT2D eigenvalue weighted by Gasteiger charge is 2.24. The van der Waals surface area contributed by atoms with E-state index in [1.807, 2.05) is 35.2 Å². The van der Waals surface area contributed by atoms with Gasteiger partial charge in [-0.3, -0.25) is 4.79 Å². The number of carbonyl (C=O) groups is 1. The molecule has 130 valence electrons. The third-order valence-electron chi connectivity index (χ3n) is 4.24. The fraction of sp³-hybridized carbons (Fsp3) is 0.250. The first-order valence-corrected chi connectivity index (χ1v) is 8.65. The number of amides is 1. The van der Waals surface area contributed by atoms with Crippen LogP contribution >= 0.6 is 11.6 Å². The monoisotopic (exact) mass is 356 g/mol. The van der Waals surface area contributed by atoms with E-state index in [2.05, 4.69) is 5.32 Å². The Morgan fingerprint density at radius 3 is 2.84 bits per heavy atom. The van der Waals surface area contributed by atoms with Crippen LogP contribution in [0.5, 0.6) is 5.75 Å². The third kappa shape index (κ3) is 4.54. The van der Waals surface area contributed by atoms with Crippen molar-refractivity contribution in [2.24, 2.45) is 0 Å². The maximum atomic E-state index is 12.4. The Bertz CT molecular complexity index is 762. The van der Waals surface area contributed by atoms with Crippen LogP contribution in [0.25, 0.3) is 6.08 Å². The van der Waals surface area contributed by atoms with Gasteiger partial charge in [0.05, 0.1) is 7.11 Å². The lowest BCUT2D eigenvalue weighted by Gasteiger charge is -2.16. The summed E-state index contributed by atoms with van der Waals surface area (Å²) in [6.45, 7) is 1.45. The molecule has 1 fully saturated rings. The van der Waals surface area contributed by atoms with E-state index in [1.165, 1.54) is 0 Å². The van der Waals surface area contributed by atoms with Gasteiger partial charge in [0.15, 0.2) is 0 Å². The molecule has 1 heterocycles. The van der Waals surface area contributed by atoms with Gasteiger partial charge in [-0.1, -0.05) is 29.8 Å². The van der Waals surface area contributed by atoms with Gasteiger partial charge in [-0.15, -0.1) is 0 Å². The highest BCUT2D eigenvalue weighted by molar-refractivity contribution is 6.30.